The topological polar surface area (TPSA) is 125 Å². The number of pyridine rings is 1. The third kappa shape index (κ3) is 4.43. The molecule has 0 fully saturated rings. The Bertz CT molecular complexity index is 1690. The van der Waals surface area contributed by atoms with Gasteiger partial charge < -0.3 is 4.42 Å². The van der Waals surface area contributed by atoms with E-state index < -0.39 is 64.2 Å². The molecule has 0 aliphatic rings. The zero-order chi connectivity index (χ0) is 26.7. The minimum atomic E-state index is -5.71. The summed E-state index contributed by atoms with van der Waals surface area (Å²) in [6.07, 6.45) is -3.82. The highest BCUT2D eigenvalue weighted by Gasteiger charge is 2.47. The van der Waals surface area contributed by atoms with Crippen LogP contribution < -0.4 is 0 Å². The fraction of sp³-hybridized carbons (Fsp3) is 0.211. The molecule has 17 heteroatoms. The molecule has 192 valence electrons. The Morgan fingerprint density at radius 2 is 1.64 bits per heavy atom. The van der Waals surface area contributed by atoms with Crippen molar-refractivity contribution in [3.63, 3.8) is 0 Å². The third-order valence-electron chi connectivity index (χ3n) is 4.85. The van der Waals surface area contributed by atoms with Crippen molar-refractivity contribution < 1.29 is 47.6 Å². The lowest BCUT2D eigenvalue weighted by Gasteiger charge is -2.09. The minimum Gasteiger partial charge on any atom is -0.435 e. The molecule has 4 aromatic rings. The monoisotopic (exact) mass is 554 g/mol. The first-order valence-electron chi connectivity index (χ1n) is 9.64. The standard InChI is InChI=1S/C19H12F6N4O5S2/c1-2-35(30,31)13-5-6-15(29-8-7-14(28-29)18(20,21)22)27-16(13)17-26-11-9-10(3-4-12(11)34-17)36(32,33)19(23,24)25/h3-9H,2H2,1H3. The van der Waals surface area contributed by atoms with Gasteiger partial charge in [-0.15, -0.1) is 0 Å². The van der Waals surface area contributed by atoms with E-state index in [0.717, 1.165) is 29.1 Å². The maximum atomic E-state index is 12.9. The normalized spacial score (nSPS) is 13.4. The van der Waals surface area contributed by atoms with E-state index in [0.29, 0.717) is 18.2 Å². The van der Waals surface area contributed by atoms with Gasteiger partial charge >= 0.3 is 11.7 Å². The van der Waals surface area contributed by atoms with Crippen LogP contribution in [-0.4, -0.2) is 47.8 Å². The lowest BCUT2D eigenvalue weighted by atomic mass is 10.3. The molecule has 1 aromatic carbocycles. The number of halogens is 6. The third-order valence-corrected chi connectivity index (χ3v) is 8.09. The fourth-order valence-electron chi connectivity index (χ4n) is 3.04. The molecule has 0 atom stereocenters. The summed E-state index contributed by atoms with van der Waals surface area (Å²) in [7, 11) is -9.71. The van der Waals surface area contributed by atoms with Gasteiger partial charge in [0.15, 0.2) is 26.9 Å². The molecule has 0 amide bonds. The van der Waals surface area contributed by atoms with E-state index in [-0.39, 0.29) is 16.9 Å². The molecule has 9 nitrogen and oxygen atoms in total. The molecule has 0 bridgehead atoms. The van der Waals surface area contributed by atoms with E-state index in [1.54, 1.807) is 0 Å². The van der Waals surface area contributed by atoms with Crippen LogP contribution >= 0.6 is 0 Å². The summed E-state index contributed by atoms with van der Waals surface area (Å²) in [5.74, 6) is -1.18. The Morgan fingerprint density at radius 3 is 2.22 bits per heavy atom. The highest BCUT2D eigenvalue weighted by molar-refractivity contribution is 7.92. The van der Waals surface area contributed by atoms with Crippen molar-refractivity contribution in [1.29, 1.82) is 0 Å². The summed E-state index contributed by atoms with van der Waals surface area (Å²) in [5, 5.41) is 3.36. The van der Waals surface area contributed by atoms with Gasteiger partial charge in [0.25, 0.3) is 9.84 Å². The molecule has 4 rings (SSSR count). The van der Waals surface area contributed by atoms with E-state index in [4.69, 9.17) is 4.42 Å². The maximum Gasteiger partial charge on any atom is 0.501 e. The van der Waals surface area contributed by atoms with Crippen molar-refractivity contribution >= 4 is 30.8 Å². The second kappa shape index (κ2) is 8.29. The first kappa shape index (κ1) is 25.6. The van der Waals surface area contributed by atoms with Crippen molar-refractivity contribution in [1.82, 2.24) is 19.7 Å². The highest BCUT2D eigenvalue weighted by atomic mass is 32.2. The molecule has 0 radical (unpaired) electrons. The zero-order valence-corrected chi connectivity index (χ0v) is 19.3. The Labute approximate surface area is 198 Å². The molecular weight excluding hydrogens is 542 g/mol. The molecule has 0 unspecified atom stereocenters. The number of hydrogen-bond acceptors (Lipinski definition) is 8. The van der Waals surface area contributed by atoms with Crippen LogP contribution in [0.15, 0.2) is 56.8 Å². The number of benzene rings is 1. The van der Waals surface area contributed by atoms with E-state index in [1.165, 1.54) is 6.92 Å². The van der Waals surface area contributed by atoms with E-state index >= 15 is 0 Å². The molecule has 36 heavy (non-hydrogen) atoms. The van der Waals surface area contributed by atoms with Crippen LogP contribution in [-0.2, 0) is 25.9 Å². The van der Waals surface area contributed by atoms with Crippen molar-refractivity contribution in [3.05, 3.63) is 48.3 Å². The first-order chi connectivity index (χ1) is 16.5. The Hall–Kier alpha value is -3.47. The quantitative estimate of drug-likeness (QED) is 0.337. The summed E-state index contributed by atoms with van der Waals surface area (Å²) in [5.41, 5.74) is -7.84. The van der Waals surface area contributed by atoms with Gasteiger partial charge in [0.1, 0.15) is 11.2 Å². The lowest BCUT2D eigenvalue weighted by Crippen LogP contribution is -2.23. The second-order valence-electron chi connectivity index (χ2n) is 7.16. The number of alkyl halides is 6. The average molecular weight is 554 g/mol. The van der Waals surface area contributed by atoms with Gasteiger partial charge in [-0.1, -0.05) is 6.92 Å². The van der Waals surface area contributed by atoms with Crippen LogP contribution in [0.4, 0.5) is 26.3 Å². The van der Waals surface area contributed by atoms with Gasteiger partial charge in [-0.3, -0.25) is 0 Å². The number of fused-ring (bicyclic) bond motifs is 1. The van der Waals surface area contributed by atoms with Crippen molar-refractivity contribution in [2.75, 3.05) is 5.75 Å². The molecule has 3 heterocycles. The van der Waals surface area contributed by atoms with Crippen LogP contribution in [0.3, 0.4) is 0 Å². The minimum absolute atomic E-state index is 0.198. The molecule has 0 saturated heterocycles. The largest absolute Gasteiger partial charge is 0.501 e. The van der Waals surface area contributed by atoms with Crippen LogP contribution in [0.5, 0.6) is 0 Å². The molecule has 0 aliphatic heterocycles. The summed E-state index contributed by atoms with van der Waals surface area (Å²) < 4.78 is 132. The predicted molar refractivity (Wildman–Crippen MR) is 110 cm³/mol. The van der Waals surface area contributed by atoms with Gasteiger partial charge in [0.2, 0.25) is 5.89 Å². The van der Waals surface area contributed by atoms with E-state index in [2.05, 4.69) is 15.1 Å². The first-order valence-corrected chi connectivity index (χ1v) is 12.8. The molecule has 0 spiro atoms. The lowest BCUT2D eigenvalue weighted by molar-refractivity contribution is -0.141. The number of aromatic nitrogens is 4. The van der Waals surface area contributed by atoms with E-state index in [9.17, 15) is 43.2 Å². The van der Waals surface area contributed by atoms with Crippen molar-refractivity contribution in [2.45, 2.75) is 28.4 Å². The SMILES string of the molecule is CCS(=O)(=O)c1ccc(-n2ccc(C(F)(F)F)n2)nc1-c1nc2cc(S(=O)(=O)C(F)(F)F)ccc2o1. The summed E-state index contributed by atoms with van der Waals surface area (Å²) in [6, 6.07) is 4.92. The molecule has 0 saturated carbocycles. The number of oxazole rings is 1. The van der Waals surface area contributed by atoms with Gasteiger partial charge in [0.05, 0.1) is 15.5 Å². The maximum absolute atomic E-state index is 12.9. The highest BCUT2D eigenvalue weighted by Crippen LogP contribution is 2.34. The number of nitrogens with zero attached hydrogens (tertiary/aromatic N) is 4. The summed E-state index contributed by atoms with van der Waals surface area (Å²) in [6.45, 7) is 1.32. The number of sulfone groups is 2. The number of rotatable bonds is 5. The predicted octanol–water partition coefficient (Wildman–Crippen LogP) is 4.18. The van der Waals surface area contributed by atoms with Crippen molar-refractivity contribution in [2.24, 2.45) is 0 Å². The van der Waals surface area contributed by atoms with E-state index in [1.807, 2.05) is 0 Å². The zero-order valence-electron chi connectivity index (χ0n) is 17.7. The molecule has 3 aromatic heterocycles. The molecular formula is C19H12F6N4O5S2. The summed E-state index contributed by atoms with van der Waals surface area (Å²) in [4.78, 5) is 6.37. The number of hydrogen-bond donors (Lipinski definition) is 0. The molecule has 0 N–H and O–H groups in total. The fourth-order valence-corrected chi connectivity index (χ4v) is 4.83. The van der Waals surface area contributed by atoms with Gasteiger partial charge in [0, 0.05) is 6.20 Å². The van der Waals surface area contributed by atoms with Crippen LogP contribution in [0.1, 0.15) is 12.6 Å². The van der Waals surface area contributed by atoms with Gasteiger partial charge in [-0.05, 0) is 36.4 Å². The average Bonchev–Trinajstić information content (AvgIpc) is 3.45. The Kier molecular flexibility index (Phi) is 5.90. The van der Waals surface area contributed by atoms with Crippen LogP contribution in [0.25, 0.3) is 28.5 Å². The van der Waals surface area contributed by atoms with Crippen LogP contribution in [0.2, 0.25) is 0 Å². The van der Waals surface area contributed by atoms with Gasteiger partial charge in [-0.2, -0.15) is 31.4 Å². The second-order valence-corrected chi connectivity index (χ2v) is 11.3. The molecule has 0 aliphatic carbocycles. The summed E-state index contributed by atoms with van der Waals surface area (Å²) >= 11 is 0. The smallest absolute Gasteiger partial charge is 0.435 e. The Balaban J connectivity index is 1.90. The van der Waals surface area contributed by atoms with Crippen molar-refractivity contribution in [3.8, 4) is 17.4 Å². The van der Waals surface area contributed by atoms with Gasteiger partial charge in [-0.25, -0.2) is 31.5 Å². The van der Waals surface area contributed by atoms with Crippen LogP contribution in [0, 0.1) is 0 Å². The Morgan fingerprint density at radius 1 is 0.944 bits per heavy atom.